The van der Waals surface area contributed by atoms with E-state index in [2.05, 4.69) is 26.6 Å². The highest BCUT2D eigenvalue weighted by Gasteiger charge is 2.31. The predicted octanol–water partition coefficient (Wildman–Crippen LogP) is 2.43. The lowest BCUT2D eigenvalue weighted by Gasteiger charge is -2.39. The van der Waals surface area contributed by atoms with Crippen LogP contribution in [0.15, 0.2) is 12.4 Å². The molecule has 2 aliphatic rings. The van der Waals surface area contributed by atoms with E-state index in [-0.39, 0.29) is 6.09 Å². The maximum absolute atomic E-state index is 12.2. The quantitative estimate of drug-likeness (QED) is 0.798. The zero-order valence-corrected chi connectivity index (χ0v) is 14.5. The van der Waals surface area contributed by atoms with Crippen LogP contribution in [0.2, 0.25) is 0 Å². The van der Waals surface area contributed by atoms with Crippen LogP contribution >= 0.6 is 0 Å². The van der Waals surface area contributed by atoms with Gasteiger partial charge < -0.3 is 14.2 Å². The van der Waals surface area contributed by atoms with Gasteiger partial charge in [0.15, 0.2) is 0 Å². The van der Waals surface area contributed by atoms with Crippen LogP contribution in [0.4, 0.5) is 4.79 Å². The molecule has 1 aromatic heterocycles. The number of amides is 1. The van der Waals surface area contributed by atoms with Crippen molar-refractivity contribution >= 4 is 12.2 Å². The molecule has 3 rings (SSSR count). The highest BCUT2D eigenvalue weighted by Crippen LogP contribution is 2.32. The normalized spacial score (nSPS) is 22.1. The van der Waals surface area contributed by atoms with E-state index < -0.39 is 5.60 Å². The minimum absolute atomic E-state index is 0.209. The largest absolute Gasteiger partial charge is 0.444 e. The number of rotatable bonds is 1. The molecule has 23 heavy (non-hydrogen) atoms. The number of aryl methyl sites for hydroxylation is 1. The summed E-state index contributed by atoms with van der Waals surface area (Å²) in [6, 6.07) is 0.317. The average Bonchev–Trinajstić information content (AvgIpc) is 2.87. The van der Waals surface area contributed by atoms with Gasteiger partial charge in [-0.15, -0.1) is 0 Å². The first-order chi connectivity index (χ1) is 10.8. The van der Waals surface area contributed by atoms with Crippen molar-refractivity contribution in [3.05, 3.63) is 23.8 Å². The maximum Gasteiger partial charge on any atom is 0.410 e. The molecule has 0 aromatic carbocycles. The summed E-state index contributed by atoms with van der Waals surface area (Å²) < 4.78 is 7.52. The molecule has 1 aliphatic heterocycles. The number of carbonyl (C=O) groups is 1. The first-order valence-electron chi connectivity index (χ1n) is 8.25. The Bertz CT molecular complexity index is 607. The van der Waals surface area contributed by atoms with Crippen LogP contribution in [0.3, 0.4) is 0 Å². The molecule has 2 heterocycles. The summed E-state index contributed by atoms with van der Waals surface area (Å²) in [5, 5.41) is 0. The molecule has 6 heteroatoms. The minimum atomic E-state index is -0.439. The van der Waals surface area contributed by atoms with Gasteiger partial charge in [-0.25, -0.2) is 9.78 Å². The number of aromatic nitrogens is 2. The monoisotopic (exact) mass is 318 g/mol. The molecule has 1 atom stereocenters. The highest BCUT2D eigenvalue weighted by atomic mass is 16.6. The minimum Gasteiger partial charge on any atom is -0.444 e. The Kier molecular flexibility index (Phi) is 4.19. The molecule has 1 amide bonds. The van der Waals surface area contributed by atoms with Crippen molar-refractivity contribution in [2.24, 2.45) is 7.05 Å². The Labute approximate surface area is 137 Å². The summed E-state index contributed by atoms with van der Waals surface area (Å²) >= 11 is 0. The van der Waals surface area contributed by atoms with Crippen LogP contribution in [0, 0.1) is 0 Å². The van der Waals surface area contributed by atoms with Gasteiger partial charge in [-0.3, -0.25) is 4.90 Å². The van der Waals surface area contributed by atoms with Gasteiger partial charge in [0, 0.05) is 33.2 Å². The number of piperazine rings is 1. The SMILES string of the molecule is Cn1cnc2c1C=CCC2N1CCN(C(=O)OC(C)(C)C)CC1. The first-order valence-corrected chi connectivity index (χ1v) is 8.25. The van der Waals surface area contributed by atoms with Crippen molar-refractivity contribution in [2.75, 3.05) is 26.2 Å². The molecule has 1 aromatic rings. The van der Waals surface area contributed by atoms with Gasteiger partial charge in [0.2, 0.25) is 0 Å². The molecule has 0 radical (unpaired) electrons. The van der Waals surface area contributed by atoms with E-state index in [1.165, 1.54) is 5.69 Å². The number of imidazole rings is 1. The number of hydrogen-bond donors (Lipinski definition) is 0. The summed E-state index contributed by atoms with van der Waals surface area (Å²) in [6.07, 6.45) is 7.02. The van der Waals surface area contributed by atoms with E-state index in [4.69, 9.17) is 4.74 Å². The second-order valence-electron chi connectivity index (χ2n) is 7.28. The number of ether oxygens (including phenoxy) is 1. The van der Waals surface area contributed by atoms with Crippen LogP contribution < -0.4 is 0 Å². The van der Waals surface area contributed by atoms with E-state index in [9.17, 15) is 4.79 Å². The van der Waals surface area contributed by atoms with Crippen LogP contribution in [-0.2, 0) is 11.8 Å². The van der Waals surface area contributed by atoms with Crippen molar-refractivity contribution < 1.29 is 9.53 Å². The Hall–Kier alpha value is -1.82. The molecule has 0 N–H and O–H groups in total. The molecular weight excluding hydrogens is 292 g/mol. The van der Waals surface area contributed by atoms with E-state index in [1.807, 2.05) is 34.1 Å². The van der Waals surface area contributed by atoms with Crippen LogP contribution in [0.1, 0.15) is 44.6 Å². The molecule has 1 aliphatic carbocycles. The Balaban J connectivity index is 1.62. The lowest BCUT2D eigenvalue weighted by Crippen LogP contribution is -2.51. The number of nitrogens with zero attached hydrogens (tertiary/aromatic N) is 4. The molecule has 0 bridgehead atoms. The number of hydrogen-bond acceptors (Lipinski definition) is 4. The summed E-state index contributed by atoms with van der Waals surface area (Å²) in [6.45, 7) is 8.82. The van der Waals surface area contributed by atoms with Crippen molar-refractivity contribution in [3.63, 3.8) is 0 Å². The van der Waals surface area contributed by atoms with Crippen molar-refractivity contribution in [2.45, 2.75) is 38.8 Å². The lowest BCUT2D eigenvalue weighted by atomic mass is 10.00. The summed E-state index contributed by atoms with van der Waals surface area (Å²) in [7, 11) is 2.03. The average molecular weight is 318 g/mol. The Morgan fingerprint density at radius 3 is 2.61 bits per heavy atom. The van der Waals surface area contributed by atoms with Crippen LogP contribution in [-0.4, -0.2) is 57.2 Å². The summed E-state index contributed by atoms with van der Waals surface area (Å²) in [5.41, 5.74) is 1.90. The standard InChI is InChI=1S/C17H26N4O2/c1-17(2,3)23-16(22)21-10-8-20(9-11-21)14-7-5-6-13-15(14)18-12-19(13)4/h5-6,12,14H,7-11H2,1-4H3. The smallest absolute Gasteiger partial charge is 0.410 e. The van der Waals surface area contributed by atoms with Gasteiger partial charge >= 0.3 is 6.09 Å². The fourth-order valence-corrected chi connectivity index (χ4v) is 3.20. The van der Waals surface area contributed by atoms with Gasteiger partial charge in [-0.05, 0) is 33.3 Å². The van der Waals surface area contributed by atoms with E-state index in [0.29, 0.717) is 19.1 Å². The van der Waals surface area contributed by atoms with Crippen molar-refractivity contribution in [1.82, 2.24) is 19.4 Å². The van der Waals surface area contributed by atoms with Crippen molar-refractivity contribution in [3.8, 4) is 0 Å². The molecule has 6 nitrogen and oxygen atoms in total. The molecule has 1 unspecified atom stereocenters. The van der Waals surface area contributed by atoms with E-state index in [1.54, 1.807) is 4.90 Å². The molecule has 126 valence electrons. The Morgan fingerprint density at radius 2 is 1.96 bits per heavy atom. The van der Waals surface area contributed by atoms with Gasteiger partial charge in [0.25, 0.3) is 0 Å². The molecule has 0 spiro atoms. The molecule has 1 fully saturated rings. The number of carbonyl (C=O) groups excluding carboxylic acids is 1. The van der Waals surface area contributed by atoms with E-state index >= 15 is 0 Å². The molecule has 0 saturated carbocycles. The second-order valence-corrected chi connectivity index (χ2v) is 7.28. The maximum atomic E-state index is 12.2. The Morgan fingerprint density at radius 1 is 1.26 bits per heavy atom. The van der Waals surface area contributed by atoms with Gasteiger partial charge in [-0.1, -0.05) is 6.08 Å². The van der Waals surface area contributed by atoms with Crippen LogP contribution in [0.25, 0.3) is 6.08 Å². The summed E-state index contributed by atoms with van der Waals surface area (Å²) in [5.74, 6) is 0. The fourth-order valence-electron chi connectivity index (χ4n) is 3.20. The first kappa shape index (κ1) is 16.1. The molecular formula is C17H26N4O2. The highest BCUT2D eigenvalue weighted by molar-refractivity contribution is 5.68. The lowest BCUT2D eigenvalue weighted by molar-refractivity contribution is 0.0101. The number of fused-ring (bicyclic) bond motifs is 1. The second kappa shape index (κ2) is 6.00. The zero-order chi connectivity index (χ0) is 16.6. The van der Waals surface area contributed by atoms with Gasteiger partial charge in [0.05, 0.1) is 23.8 Å². The van der Waals surface area contributed by atoms with Crippen molar-refractivity contribution in [1.29, 1.82) is 0 Å². The third kappa shape index (κ3) is 3.42. The molecule has 1 saturated heterocycles. The van der Waals surface area contributed by atoms with E-state index in [0.717, 1.165) is 25.2 Å². The third-order valence-corrected chi connectivity index (χ3v) is 4.37. The fraction of sp³-hybridized carbons (Fsp3) is 0.647. The van der Waals surface area contributed by atoms with Gasteiger partial charge in [-0.2, -0.15) is 0 Å². The van der Waals surface area contributed by atoms with Gasteiger partial charge in [0.1, 0.15) is 5.60 Å². The zero-order valence-electron chi connectivity index (χ0n) is 14.5. The topological polar surface area (TPSA) is 50.6 Å². The summed E-state index contributed by atoms with van der Waals surface area (Å²) in [4.78, 5) is 21.0. The predicted molar refractivity (Wildman–Crippen MR) is 89.0 cm³/mol. The van der Waals surface area contributed by atoms with Crippen LogP contribution in [0.5, 0.6) is 0 Å². The third-order valence-electron chi connectivity index (χ3n) is 4.37.